The summed E-state index contributed by atoms with van der Waals surface area (Å²) in [7, 11) is 0. The van der Waals surface area contributed by atoms with Crippen LogP contribution in [0.25, 0.3) is 0 Å². The number of hydrogen-bond donors (Lipinski definition) is 2. The first-order valence-corrected chi connectivity index (χ1v) is 8.29. The number of benzene rings is 1. The monoisotopic (exact) mass is 339 g/mol. The van der Waals surface area contributed by atoms with E-state index in [9.17, 15) is 14.7 Å². The summed E-state index contributed by atoms with van der Waals surface area (Å²) in [5.74, 6) is -0.701. The van der Waals surface area contributed by atoms with Crippen LogP contribution in [0.1, 0.15) is 43.7 Å². The molecule has 0 aromatic heterocycles. The first kappa shape index (κ1) is 17.8. The van der Waals surface area contributed by atoms with Crippen LogP contribution in [0.15, 0.2) is 24.3 Å². The maximum atomic E-state index is 12.0. The number of carbonyl (C=O) groups is 2. The van der Waals surface area contributed by atoms with E-state index in [1.54, 1.807) is 24.3 Å². The lowest BCUT2D eigenvalue weighted by molar-refractivity contribution is -0.142. The largest absolute Gasteiger partial charge is 0.479 e. The maximum absolute atomic E-state index is 12.0. The normalized spacial score (nSPS) is 16.7. The molecule has 1 saturated heterocycles. The second-order valence-electron chi connectivity index (χ2n) is 5.84. The third-order valence-electron chi connectivity index (χ3n) is 4.11. The summed E-state index contributed by atoms with van der Waals surface area (Å²) in [4.78, 5) is 23.4. The summed E-state index contributed by atoms with van der Waals surface area (Å²) >= 11 is 5.80. The Bertz CT molecular complexity index is 526. The van der Waals surface area contributed by atoms with Crippen LogP contribution >= 0.6 is 11.6 Å². The van der Waals surface area contributed by atoms with Crippen molar-refractivity contribution in [3.63, 3.8) is 0 Å². The summed E-state index contributed by atoms with van der Waals surface area (Å²) in [6.07, 6.45) is 4.18. The Hall–Kier alpha value is -1.59. The van der Waals surface area contributed by atoms with E-state index in [0.717, 1.165) is 38.9 Å². The number of nitrogens with one attached hydrogen (secondary N) is 1. The van der Waals surface area contributed by atoms with Crippen molar-refractivity contribution in [2.75, 3.05) is 13.2 Å². The predicted molar refractivity (Wildman–Crippen MR) is 87.4 cm³/mol. The summed E-state index contributed by atoms with van der Waals surface area (Å²) in [6, 6.07) is 5.42. The van der Waals surface area contributed by atoms with Crippen LogP contribution in [0, 0.1) is 5.92 Å². The van der Waals surface area contributed by atoms with Gasteiger partial charge in [0.2, 0.25) is 5.91 Å². The molecule has 0 bridgehead atoms. The average molecular weight is 340 g/mol. The van der Waals surface area contributed by atoms with E-state index < -0.39 is 12.0 Å². The Morgan fingerprint density at radius 2 is 1.91 bits per heavy atom. The predicted octanol–water partition coefficient (Wildman–Crippen LogP) is 3.18. The topological polar surface area (TPSA) is 75.6 Å². The van der Waals surface area contributed by atoms with Crippen LogP contribution in [-0.4, -0.2) is 30.2 Å². The van der Waals surface area contributed by atoms with Crippen LogP contribution in [-0.2, 0) is 14.3 Å². The highest BCUT2D eigenvalue weighted by Gasteiger charge is 2.22. The zero-order valence-corrected chi connectivity index (χ0v) is 13.7. The van der Waals surface area contributed by atoms with E-state index >= 15 is 0 Å². The first-order chi connectivity index (χ1) is 11.1. The van der Waals surface area contributed by atoms with Crippen molar-refractivity contribution >= 4 is 23.5 Å². The molecule has 1 heterocycles. The molecule has 1 aromatic rings. The molecule has 2 N–H and O–H groups in total. The average Bonchev–Trinajstić information content (AvgIpc) is 2.54. The molecular weight excluding hydrogens is 318 g/mol. The van der Waals surface area contributed by atoms with Gasteiger partial charge in [0.1, 0.15) is 0 Å². The van der Waals surface area contributed by atoms with Gasteiger partial charge in [-0.3, -0.25) is 4.79 Å². The Labute approximate surface area is 141 Å². The van der Waals surface area contributed by atoms with E-state index in [1.165, 1.54) is 0 Å². The summed E-state index contributed by atoms with van der Waals surface area (Å²) < 4.78 is 5.31. The van der Waals surface area contributed by atoms with Crippen molar-refractivity contribution < 1.29 is 19.4 Å². The third kappa shape index (κ3) is 5.84. The van der Waals surface area contributed by atoms with E-state index in [1.807, 2.05) is 0 Å². The molecule has 0 radical (unpaired) electrons. The molecule has 1 amide bonds. The van der Waals surface area contributed by atoms with Crippen LogP contribution in [0.3, 0.4) is 0 Å². The van der Waals surface area contributed by atoms with Gasteiger partial charge in [0.25, 0.3) is 0 Å². The van der Waals surface area contributed by atoms with Gasteiger partial charge in [0, 0.05) is 24.7 Å². The highest BCUT2D eigenvalue weighted by atomic mass is 35.5. The molecule has 6 heteroatoms. The van der Waals surface area contributed by atoms with Crippen molar-refractivity contribution in [2.24, 2.45) is 5.92 Å². The first-order valence-electron chi connectivity index (χ1n) is 7.91. The van der Waals surface area contributed by atoms with E-state index in [2.05, 4.69) is 5.32 Å². The lowest BCUT2D eigenvalue weighted by Crippen LogP contribution is -2.33. The minimum Gasteiger partial charge on any atom is -0.479 e. The second kappa shape index (κ2) is 8.89. The number of ether oxygens (including phenoxy) is 1. The van der Waals surface area contributed by atoms with Crippen molar-refractivity contribution in [3.8, 4) is 0 Å². The highest BCUT2D eigenvalue weighted by molar-refractivity contribution is 6.30. The molecule has 1 fully saturated rings. The number of carbonyl (C=O) groups excluding carboxylic acids is 1. The molecule has 0 aliphatic carbocycles. The van der Waals surface area contributed by atoms with Crippen molar-refractivity contribution in [1.29, 1.82) is 0 Å². The molecule has 23 heavy (non-hydrogen) atoms. The standard InChI is InChI=1S/C17H22ClNO4/c18-14-6-4-13(5-7-14)16(17(21)22)19-15(20)3-1-2-12-8-10-23-11-9-12/h4-7,12,16H,1-3,8-11H2,(H,19,20)(H,21,22). The fourth-order valence-corrected chi connectivity index (χ4v) is 2.89. The Balaban J connectivity index is 1.81. The zero-order valence-electron chi connectivity index (χ0n) is 13.0. The fraction of sp³-hybridized carbons (Fsp3) is 0.529. The molecule has 1 aliphatic heterocycles. The van der Waals surface area contributed by atoms with Crippen LogP contribution in [0.5, 0.6) is 0 Å². The molecule has 1 unspecified atom stereocenters. The number of carboxylic acid groups (broad SMARTS) is 1. The molecule has 1 aromatic carbocycles. The van der Waals surface area contributed by atoms with Crippen molar-refractivity contribution in [1.82, 2.24) is 5.32 Å². The number of hydrogen-bond acceptors (Lipinski definition) is 3. The van der Waals surface area contributed by atoms with Crippen LogP contribution in [0.2, 0.25) is 5.02 Å². The van der Waals surface area contributed by atoms with Gasteiger partial charge in [-0.25, -0.2) is 4.79 Å². The number of aliphatic carboxylic acids is 1. The number of carboxylic acids is 1. The fourth-order valence-electron chi connectivity index (χ4n) is 2.76. The number of rotatable bonds is 7. The molecule has 1 atom stereocenters. The lowest BCUT2D eigenvalue weighted by atomic mass is 9.94. The van der Waals surface area contributed by atoms with Gasteiger partial charge in [-0.05, 0) is 49.3 Å². The molecule has 0 saturated carbocycles. The summed E-state index contributed by atoms with van der Waals surface area (Å²) in [6.45, 7) is 1.60. The third-order valence-corrected chi connectivity index (χ3v) is 4.36. The smallest absolute Gasteiger partial charge is 0.330 e. The van der Waals surface area contributed by atoms with E-state index in [4.69, 9.17) is 16.3 Å². The molecule has 0 spiro atoms. The number of amides is 1. The Morgan fingerprint density at radius 3 is 2.52 bits per heavy atom. The van der Waals surface area contributed by atoms with Gasteiger partial charge >= 0.3 is 5.97 Å². The van der Waals surface area contributed by atoms with Crippen LogP contribution < -0.4 is 5.32 Å². The molecule has 1 aliphatic rings. The Morgan fingerprint density at radius 1 is 1.26 bits per heavy atom. The van der Waals surface area contributed by atoms with Gasteiger partial charge in [-0.15, -0.1) is 0 Å². The minimum absolute atomic E-state index is 0.237. The van der Waals surface area contributed by atoms with Gasteiger partial charge < -0.3 is 15.2 Å². The van der Waals surface area contributed by atoms with Crippen molar-refractivity contribution in [2.45, 2.75) is 38.1 Å². The lowest BCUT2D eigenvalue weighted by Gasteiger charge is -2.21. The second-order valence-corrected chi connectivity index (χ2v) is 6.27. The highest BCUT2D eigenvalue weighted by Crippen LogP contribution is 2.21. The van der Waals surface area contributed by atoms with Gasteiger partial charge in [0.05, 0.1) is 0 Å². The molecule has 126 valence electrons. The Kier molecular flexibility index (Phi) is 6.86. The summed E-state index contributed by atoms with van der Waals surface area (Å²) in [5.41, 5.74) is 0.514. The van der Waals surface area contributed by atoms with Gasteiger partial charge in [0.15, 0.2) is 6.04 Å². The summed E-state index contributed by atoms with van der Waals surface area (Å²) in [5, 5.41) is 12.4. The van der Waals surface area contributed by atoms with E-state index in [-0.39, 0.29) is 5.91 Å². The quantitative estimate of drug-likeness (QED) is 0.800. The minimum atomic E-state index is -1.08. The number of halogens is 1. The molecular formula is C17H22ClNO4. The van der Waals surface area contributed by atoms with Crippen molar-refractivity contribution in [3.05, 3.63) is 34.9 Å². The zero-order chi connectivity index (χ0) is 16.7. The van der Waals surface area contributed by atoms with Crippen LogP contribution in [0.4, 0.5) is 0 Å². The SMILES string of the molecule is O=C(CCCC1CCOCC1)NC(C(=O)O)c1ccc(Cl)cc1. The van der Waals surface area contributed by atoms with E-state index in [0.29, 0.717) is 22.9 Å². The molecule has 5 nitrogen and oxygen atoms in total. The molecule has 2 rings (SSSR count). The van der Waals surface area contributed by atoms with Gasteiger partial charge in [-0.2, -0.15) is 0 Å². The van der Waals surface area contributed by atoms with Gasteiger partial charge in [-0.1, -0.05) is 23.7 Å². The maximum Gasteiger partial charge on any atom is 0.330 e.